The van der Waals surface area contributed by atoms with Crippen molar-refractivity contribution in [2.75, 3.05) is 7.11 Å². The highest BCUT2D eigenvalue weighted by atomic mass is 16.5. The van der Waals surface area contributed by atoms with Crippen molar-refractivity contribution in [2.45, 2.75) is 26.3 Å². The van der Waals surface area contributed by atoms with Crippen LogP contribution in [0.5, 0.6) is 5.75 Å². The Morgan fingerprint density at radius 3 is 3.00 bits per heavy atom. The van der Waals surface area contributed by atoms with Crippen molar-refractivity contribution in [2.24, 2.45) is 0 Å². The minimum Gasteiger partial charge on any atom is -0.496 e. The SMILES string of the molecule is CCCCn1c(=O)cc(OC)c2cccnc21. The van der Waals surface area contributed by atoms with Crippen LogP contribution in [0, 0.1) is 0 Å². The van der Waals surface area contributed by atoms with E-state index >= 15 is 0 Å². The Bertz CT molecular complexity index is 575. The van der Waals surface area contributed by atoms with Crippen molar-refractivity contribution in [3.63, 3.8) is 0 Å². The lowest BCUT2D eigenvalue weighted by molar-refractivity contribution is 0.417. The molecular weight excluding hydrogens is 216 g/mol. The van der Waals surface area contributed by atoms with E-state index < -0.39 is 0 Å². The summed E-state index contributed by atoms with van der Waals surface area (Å²) >= 11 is 0. The lowest BCUT2D eigenvalue weighted by Gasteiger charge is -2.11. The smallest absolute Gasteiger partial charge is 0.255 e. The van der Waals surface area contributed by atoms with E-state index in [1.54, 1.807) is 17.9 Å². The maximum absolute atomic E-state index is 12.0. The number of fused-ring (bicyclic) bond motifs is 1. The fourth-order valence-electron chi connectivity index (χ4n) is 1.88. The number of hydrogen-bond donors (Lipinski definition) is 0. The average Bonchev–Trinajstić information content (AvgIpc) is 2.37. The zero-order chi connectivity index (χ0) is 12.3. The number of nitrogens with zero attached hydrogens (tertiary/aromatic N) is 2. The molecule has 0 atom stereocenters. The van der Waals surface area contributed by atoms with E-state index in [9.17, 15) is 4.79 Å². The van der Waals surface area contributed by atoms with Crippen LogP contribution in [0.4, 0.5) is 0 Å². The zero-order valence-corrected chi connectivity index (χ0v) is 10.1. The highest BCUT2D eigenvalue weighted by Crippen LogP contribution is 2.21. The van der Waals surface area contributed by atoms with Crippen molar-refractivity contribution in [1.82, 2.24) is 9.55 Å². The molecule has 0 aromatic carbocycles. The van der Waals surface area contributed by atoms with Crippen molar-refractivity contribution in [3.05, 3.63) is 34.7 Å². The van der Waals surface area contributed by atoms with Gasteiger partial charge in [-0.2, -0.15) is 0 Å². The van der Waals surface area contributed by atoms with Gasteiger partial charge in [-0.25, -0.2) is 4.98 Å². The monoisotopic (exact) mass is 232 g/mol. The Balaban J connectivity index is 2.66. The van der Waals surface area contributed by atoms with Gasteiger partial charge in [0, 0.05) is 18.8 Å². The molecule has 0 aliphatic carbocycles. The van der Waals surface area contributed by atoms with Crippen LogP contribution in [0.25, 0.3) is 11.0 Å². The lowest BCUT2D eigenvalue weighted by atomic mass is 10.2. The predicted molar refractivity (Wildman–Crippen MR) is 67.5 cm³/mol. The Hall–Kier alpha value is -1.84. The maximum Gasteiger partial charge on any atom is 0.255 e. The first-order valence-electron chi connectivity index (χ1n) is 5.80. The van der Waals surface area contributed by atoms with E-state index in [-0.39, 0.29) is 5.56 Å². The van der Waals surface area contributed by atoms with Crippen molar-refractivity contribution in [3.8, 4) is 5.75 Å². The highest BCUT2D eigenvalue weighted by Gasteiger charge is 2.09. The van der Waals surface area contributed by atoms with E-state index in [1.165, 1.54) is 6.07 Å². The summed E-state index contributed by atoms with van der Waals surface area (Å²) in [4.78, 5) is 16.2. The number of ether oxygens (including phenoxy) is 1. The summed E-state index contributed by atoms with van der Waals surface area (Å²) in [5.41, 5.74) is 0.645. The van der Waals surface area contributed by atoms with Crippen LogP contribution in [0.3, 0.4) is 0 Å². The molecule has 0 N–H and O–H groups in total. The summed E-state index contributed by atoms with van der Waals surface area (Å²) in [6.45, 7) is 2.80. The normalized spacial score (nSPS) is 10.7. The fourth-order valence-corrected chi connectivity index (χ4v) is 1.88. The summed E-state index contributed by atoms with van der Waals surface area (Å²) < 4.78 is 6.92. The molecule has 0 aliphatic heterocycles. The molecule has 17 heavy (non-hydrogen) atoms. The third kappa shape index (κ3) is 2.16. The molecule has 0 bridgehead atoms. The number of aromatic nitrogens is 2. The maximum atomic E-state index is 12.0. The Morgan fingerprint density at radius 2 is 2.29 bits per heavy atom. The first-order chi connectivity index (χ1) is 8.27. The molecule has 0 unspecified atom stereocenters. The first-order valence-corrected chi connectivity index (χ1v) is 5.80. The number of aryl methyl sites for hydroxylation is 1. The van der Waals surface area contributed by atoms with E-state index in [1.807, 2.05) is 12.1 Å². The molecule has 4 heteroatoms. The summed E-state index contributed by atoms with van der Waals surface area (Å²) in [7, 11) is 1.57. The molecular formula is C13H16N2O2. The van der Waals surface area contributed by atoms with Gasteiger partial charge in [-0.05, 0) is 18.6 Å². The van der Waals surface area contributed by atoms with Gasteiger partial charge in [-0.3, -0.25) is 9.36 Å². The van der Waals surface area contributed by atoms with Crippen molar-refractivity contribution < 1.29 is 4.74 Å². The second-order valence-corrected chi connectivity index (χ2v) is 3.93. The van der Waals surface area contributed by atoms with Crippen LogP contribution in [0.2, 0.25) is 0 Å². The van der Waals surface area contributed by atoms with Crippen LogP contribution in [-0.2, 0) is 6.54 Å². The summed E-state index contributed by atoms with van der Waals surface area (Å²) in [6.07, 6.45) is 3.72. The standard InChI is InChI=1S/C13H16N2O2/c1-3-4-8-15-12(16)9-11(17-2)10-6-5-7-14-13(10)15/h5-7,9H,3-4,8H2,1-2H3. The molecule has 0 saturated heterocycles. The molecule has 4 nitrogen and oxygen atoms in total. The second kappa shape index (κ2) is 4.99. The van der Waals surface area contributed by atoms with Gasteiger partial charge in [-0.1, -0.05) is 13.3 Å². The van der Waals surface area contributed by atoms with Crippen LogP contribution in [0.1, 0.15) is 19.8 Å². The number of hydrogen-bond acceptors (Lipinski definition) is 3. The summed E-state index contributed by atoms with van der Waals surface area (Å²) in [6, 6.07) is 5.29. The van der Waals surface area contributed by atoms with Gasteiger partial charge >= 0.3 is 0 Å². The number of pyridine rings is 2. The number of methoxy groups -OCH3 is 1. The fraction of sp³-hybridized carbons (Fsp3) is 0.385. The molecule has 0 spiro atoms. The van der Waals surface area contributed by atoms with E-state index in [2.05, 4.69) is 11.9 Å². The molecule has 2 heterocycles. The minimum atomic E-state index is -0.0542. The first kappa shape index (κ1) is 11.6. The van der Waals surface area contributed by atoms with Gasteiger partial charge in [0.1, 0.15) is 11.4 Å². The van der Waals surface area contributed by atoms with Crippen LogP contribution in [-0.4, -0.2) is 16.7 Å². The summed E-state index contributed by atoms with van der Waals surface area (Å²) in [5, 5.41) is 0.880. The third-order valence-corrected chi connectivity index (χ3v) is 2.78. The molecule has 2 aromatic heterocycles. The summed E-state index contributed by atoms with van der Waals surface area (Å²) in [5.74, 6) is 0.589. The molecule has 0 amide bonds. The third-order valence-electron chi connectivity index (χ3n) is 2.78. The molecule has 90 valence electrons. The molecule has 0 radical (unpaired) electrons. The van der Waals surface area contributed by atoms with E-state index in [0.717, 1.165) is 18.2 Å². The number of rotatable bonds is 4. The Kier molecular flexibility index (Phi) is 3.42. The van der Waals surface area contributed by atoms with Gasteiger partial charge < -0.3 is 4.74 Å². The molecule has 2 rings (SSSR count). The van der Waals surface area contributed by atoms with E-state index in [4.69, 9.17) is 4.74 Å². The molecule has 0 saturated carbocycles. The van der Waals surface area contributed by atoms with E-state index in [0.29, 0.717) is 17.9 Å². The zero-order valence-electron chi connectivity index (χ0n) is 10.1. The van der Waals surface area contributed by atoms with Crippen LogP contribution < -0.4 is 10.3 Å². The highest BCUT2D eigenvalue weighted by molar-refractivity contribution is 5.81. The van der Waals surface area contributed by atoms with Gasteiger partial charge in [0.15, 0.2) is 0 Å². The van der Waals surface area contributed by atoms with Gasteiger partial charge in [0.2, 0.25) is 0 Å². The van der Waals surface area contributed by atoms with Crippen LogP contribution >= 0.6 is 0 Å². The lowest BCUT2D eigenvalue weighted by Crippen LogP contribution is -2.20. The van der Waals surface area contributed by atoms with Gasteiger partial charge in [0.25, 0.3) is 5.56 Å². The topological polar surface area (TPSA) is 44.1 Å². The van der Waals surface area contributed by atoms with Crippen molar-refractivity contribution in [1.29, 1.82) is 0 Å². The van der Waals surface area contributed by atoms with Crippen LogP contribution in [0.15, 0.2) is 29.2 Å². The van der Waals surface area contributed by atoms with Crippen molar-refractivity contribution >= 4 is 11.0 Å². The quantitative estimate of drug-likeness (QED) is 0.811. The average molecular weight is 232 g/mol. The largest absolute Gasteiger partial charge is 0.496 e. The van der Waals surface area contributed by atoms with Gasteiger partial charge in [-0.15, -0.1) is 0 Å². The Labute approximate surface area is 99.9 Å². The Morgan fingerprint density at radius 1 is 1.47 bits per heavy atom. The molecule has 0 aliphatic rings. The molecule has 0 fully saturated rings. The number of unbranched alkanes of at least 4 members (excludes halogenated alkanes) is 1. The second-order valence-electron chi connectivity index (χ2n) is 3.93. The van der Waals surface area contributed by atoms with Gasteiger partial charge in [0.05, 0.1) is 12.5 Å². The molecule has 2 aromatic rings. The predicted octanol–water partition coefficient (Wildman–Crippen LogP) is 2.21. The minimum absolute atomic E-state index is 0.0542.